The Kier molecular flexibility index (Phi) is 4.02. The molecule has 1 aliphatic rings. The monoisotopic (exact) mass is 302 g/mol. The summed E-state index contributed by atoms with van der Waals surface area (Å²) in [5.41, 5.74) is 6.65. The number of aromatic nitrogens is 2. The number of hydrogen-bond acceptors (Lipinski definition) is 4. The molecule has 1 fully saturated rings. The van der Waals surface area contributed by atoms with Crippen LogP contribution in [0.1, 0.15) is 38.4 Å². The van der Waals surface area contributed by atoms with Crippen molar-refractivity contribution in [1.82, 2.24) is 14.9 Å². The lowest BCUT2D eigenvalue weighted by Crippen LogP contribution is -2.38. The van der Waals surface area contributed by atoms with Crippen molar-refractivity contribution in [3.63, 3.8) is 0 Å². The highest BCUT2D eigenvalue weighted by atomic mass is 16.5. The maximum absolute atomic E-state index is 11.0. The third kappa shape index (κ3) is 2.92. The van der Waals surface area contributed by atoms with Gasteiger partial charge in [0.15, 0.2) is 5.75 Å². The molecule has 2 heterocycles. The van der Waals surface area contributed by atoms with Crippen molar-refractivity contribution in [2.24, 2.45) is 5.73 Å². The second-order valence-corrected chi connectivity index (χ2v) is 6.10. The average molecular weight is 302 g/mol. The lowest BCUT2D eigenvalue weighted by atomic mass is 9.95. The number of nitrogens with zero attached hydrogens (tertiary/aromatic N) is 2. The summed E-state index contributed by atoms with van der Waals surface area (Å²) in [4.78, 5) is 21.5. The van der Waals surface area contributed by atoms with Crippen molar-refractivity contribution >= 4 is 17.1 Å². The molecule has 0 unspecified atom stereocenters. The van der Waals surface area contributed by atoms with E-state index in [-0.39, 0.29) is 0 Å². The fraction of sp³-hybridized carbons (Fsp3) is 0.500. The zero-order valence-corrected chi connectivity index (χ0v) is 13.0. The fourth-order valence-electron chi connectivity index (χ4n) is 3.10. The molecule has 1 saturated heterocycles. The lowest BCUT2D eigenvalue weighted by molar-refractivity contribution is 0.170. The van der Waals surface area contributed by atoms with E-state index in [9.17, 15) is 4.79 Å². The minimum absolute atomic E-state index is 0.409. The number of H-pyrrole nitrogens is 1. The molecule has 2 aromatic rings. The van der Waals surface area contributed by atoms with Gasteiger partial charge in [-0.25, -0.2) is 9.78 Å². The van der Waals surface area contributed by atoms with Crippen LogP contribution in [0.5, 0.6) is 5.75 Å². The molecular weight excluding hydrogens is 280 g/mol. The van der Waals surface area contributed by atoms with E-state index in [1.54, 1.807) is 6.07 Å². The van der Waals surface area contributed by atoms with E-state index >= 15 is 0 Å². The van der Waals surface area contributed by atoms with Crippen LogP contribution in [0.25, 0.3) is 11.0 Å². The number of piperidine rings is 1. The van der Waals surface area contributed by atoms with Gasteiger partial charge in [0.25, 0.3) is 0 Å². The van der Waals surface area contributed by atoms with Gasteiger partial charge in [0.1, 0.15) is 11.3 Å². The Balaban J connectivity index is 1.82. The van der Waals surface area contributed by atoms with Crippen molar-refractivity contribution in [2.45, 2.75) is 38.6 Å². The predicted molar refractivity (Wildman–Crippen MR) is 85.0 cm³/mol. The number of fused-ring (bicyclic) bond motifs is 1. The summed E-state index contributed by atoms with van der Waals surface area (Å²) in [7, 11) is 0. The summed E-state index contributed by atoms with van der Waals surface area (Å²) in [5.74, 6) is 1.80. The number of imidazole rings is 1. The number of hydrogen-bond donors (Lipinski definition) is 2. The molecule has 3 N–H and O–H groups in total. The third-order valence-corrected chi connectivity index (χ3v) is 4.35. The van der Waals surface area contributed by atoms with Crippen LogP contribution in [-0.4, -0.2) is 40.1 Å². The van der Waals surface area contributed by atoms with Gasteiger partial charge in [-0.05, 0) is 51.9 Å². The van der Waals surface area contributed by atoms with E-state index in [0.29, 0.717) is 23.2 Å². The highest BCUT2D eigenvalue weighted by molar-refractivity contribution is 5.84. The number of ether oxygens (including phenoxy) is 1. The molecule has 0 aliphatic carbocycles. The molecule has 6 heteroatoms. The molecule has 0 atom stereocenters. The van der Waals surface area contributed by atoms with E-state index in [1.807, 2.05) is 12.1 Å². The second-order valence-electron chi connectivity index (χ2n) is 6.10. The van der Waals surface area contributed by atoms with Crippen molar-refractivity contribution < 1.29 is 9.53 Å². The topological polar surface area (TPSA) is 84.2 Å². The number of carbonyl (C=O) groups excluding carboxylic acids is 1. The van der Waals surface area contributed by atoms with Gasteiger partial charge in [0.05, 0.1) is 5.52 Å². The zero-order chi connectivity index (χ0) is 15.7. The van der Waals surface area contributed by atoms with E-state index in [1.165, 1.54) is 0 Å². The van der Waals surface area contributed by atoms with Crippen LogP contribution < -0.4 is 10.5 Å². The molecule has 22 heavy (non-hydrogen) atoms. The van der Waals surface area contributed by atoms with E-state index in [0.717, 1.165) is 37.3 Å². The van der Waals surface area contributed by atoms with Gasteiger partial charge in [-0.15, -0.1) is 0 Å². The van der Waals surface area contributed by atoms with Crippen LogP contribution in [0, 0.1) is 0 Å². The van der Waals surface area contributed by atoms with Crippen LogP contribution >= 0.6 is 0 Å². The number of primary amides is 1. The van der Waals surface area contributed by atoms with Crippen LogP contribution in [0.4, 0.5) is 4.79 Å². The Morgan fingerprint density at radius 2 is 2.14 bits per heavy atom. The van der Waals surface area contributed by atoms with E-state index < -0.39 is 6.09 Å². The fourth-order valence-corrected chi connectivity index (χ4v) is 3.10. The SMILES string of the molecule is CC(C)N1CCC(c2nc3c(OC(N)=O)cccc3[nH]2)CC1. The normalized spacial score (nSPS) is 17.2. The van der Waals surface area contributed by atoms with Crippen molar-refractivity contribution in [3.05, 3.63) is 24.0 Å². The summed E-state index contributed by atoms with van der Waals surface area (Å²) in [6.45, 7) is 6.64. The summed E-state index contributed by atoms with van der Waals surface area (Å²) in [6, 6.07) is 6.05. The minimum Gasteiger partial charge on any atom is -0.408 e. The number of benzene rings is 1. The van der Waals surface area contributed by atoms with Gasteiger partial charge in [0, 0.05) is 12.0 Å². The predicted octanol–water partition coefficient (Wildman–Crippen LogP) is 2.61. The maximum atomic E-state index is 11.0. The van der Waals surface area contributed by atoms with Crippen molar-refractivity contribution in [3.8, 4) is 5.75 Å². The molecule has 0 radical (unpaired) electrons. The van der Waals surface area contributed by atoms with Gasteiger partial charge >= 0.3 is 6.09 Å². The standard InChI is InChI=1S/C16H22N4O2/c1-10(2)20-8-6-11(7-9-20)15-18-12-4-3-5-13(14(12)19-15)22-16(17)21/h3-5,10-11H,6-9H2,1-2H3,(H2,17,21)(H,18,19). The highest BCUT2D eigenvalue weighted by Crippen LogP contribution is 2.31. The summed E-state index contributed by atoms with van der Waals surface area (Å²) in [6.07, 6.45) is 1.36. The van der Waals surface area contributed by atoms with Crippen molar-refractivity contribution in [2.75, 3.05) is 13.1 Å². The third-order valence-electron chi connectivity index (χ3n) is 4.35. The number of para-hydroxylation sites is 1. The molecule has 3 rings (SSSR count). The number of nitrogens with two attached hydrogens (primary N) is 1. The molecule has 118 valence electrons. The van der Waals surface area contributed by atoms with Gasteiger partial charge in [-0.1, -0.05) is 6.07 Å². The second kappa shape index (κ2) is 5.96. The Bertz CT molecular complexity index is 672. The van der Waals surface area contributed by atoms with Crippen LogP contribution in [0.15, 0.2) is 18.2 Å². The summed E-state index contributed by atoms with van der Waals surface area (Å²) >= 11 is 0. The molecule has 1 aliphatic heterocycles. The smallest absolute Gasteiger partial charge is 0.408 e. The van der Waals surface area contributed by atoms with Crippen LogP contribution in [-0.2, 0) is 0 Å². The van der Waals surface area contributed by atoms with Gasteiger partial charge in [0.2, 0.25) is 0 Å². The summed E-state index contributed by atoms with van der Waals surface area (Å²) < 4.78 is 5.02. The first-order valence-corrected chi connectivity index (χ1v) is 7.74. The number of rotatable bonds is 3. The van der Waals surface area contributed by atoms with Gasteiger partial charge in [-0.3, -0.25) is 0 Å². The first-order valence-electron chi connectivity index (χ1n) is 7.74. The minimum atomic E-state index is -0.817. The quantitative estimate of drug-likeness (QED) is 0.912. The Labute approximate surface area is 129 Å². The molecule has 1 amide bonds. The largest absolute Gasteiger partial charge is 0.410 e. The number of amides is 1. The molecular formula is C16H22N4O2. The molecule has 0 spiro atoms. The molecule has 6 nitrogen and oxygen atoms in total. The van der Waals surface area contributed by atoms with E-state index in [4.69, 9.17) is 10.5 Å². The van der Waals surface area contributed by atoms with Crippen LogP contribution in [0.3, 0.4) is 0 Å². The van der Waals surface area contributed by atoms with Gasteiger partial charge in [-0.2, -0.15) is 0 Å². The molecule has 0 saturated carbocycles. The molecule has 1 aromatic carbocycles. The highest BCUT2D eigenvalue weighted by Gasteiger charge is 2.24. The molecule has 0 bridgehead atoms. The first-order chi connectivity index (χ1) is 10.5. The number of aromatic amines is 1. The van der Waals surface area contributed by atoms with Crippen LogP contribution in [0.2, 0.25) is 0 Å². The maximum Gasteiger partial charge on any atom is 0.410 e. The zero-order valence-electron chi connectivity index (χ0n) is 13.0. The first kappa shape index (κ1) is 14.8. The Morgan fingerprint density at radius 3 is 2.77 bits per heavy atom. The number of likely N-dealkylation sites (tertiary alicyclic amines) is 1. The number of carbonyl (C=O) groups is 1. The Morgan fingerprint density at radius 1 is 1.41 bits per heavy atom. The van der Waals surface area contributed by atoms with Gasteiger partial charge < -0.3 is 20.4 Å². The Hall–Kier alpha value is -2.08. The average Bonchev–Trinajstić information content (AvgIpc) is 2.92. The number of nitrogens with one attached hydrogen (secondary N) is 1. The van der Waals surface area contributed by atoms with Crippen molar-refractivity contribution in [1.29, 1.82) is 0 Å². The van der Waals surface area contributed by atoms with E-state index in [2.05, 4.69) is 28.7 Å². The molecule has 1 aromatic heterocycles. The lowest BCUT2D eigenvalue weighted by Gasteiger charge is -2.33. The summed E-state index contributed by atoms with van der Waals surface area (Å²) in [5, 5.41) is 0.